The third-order valence-corrected chi connectivity index (χ3v) is 4.04. The Morgan fingerprint density at radius 3 is 2.85 bits per heavy atom. The molecular weight excluding hydrogens is 358 g/mol. The highest BCUT2D eigenvalue weighted by atomic mass is 35.5. The van der Waals surface area contributed by atoms with E-state index in [2.05, 4.69) is 21.0 Å². The van der Waals surface area contributed by atoms with Gasteiger partial charge in [0.15, 0.2) is 12.9 Å². The van der Waals surface area contributed by atoms with Crippen LogP contribution in [0.4, 0.5) is 5.82 Å². The van der Waals surface area contributed by atoms with E-state index >= 15 is 0 Å². The Labute approximate surface area is 155 Å². The third kappa shape index (κ3) is 4.53. The number of rotatable bonds is 5. The number of nitrogens with zero attached hydrogens (tertiary/aromatic N) is 2. The van der Waals surface area contributed by atoms with Gasteiger partial charge in [0, 0.05) is 23.6 Å². The zero-order chi connectivity index (χ0) is 18.7. The monoisotopic (exact) mass is 377 g/mol. The maximum Gasteiger partial charge on any atom is 0.263 e. The summed E-state index contributed by atoms with van der Waals surface area (Å²) in [6.07, 6.45) is -0.125. The second-order valence-electron chi connectivity index (χ2n) is 6.15. The number of carbonyl (C=O) groups is 2. The molecule has 2 atom stereocenters. The highest BCUT2D eigenvalue weighted by Gasteiger charge is 2.26. The summed E-state index contributed by atoms with van der Waals surface area (Å²) in [5.74, 6) is 0.609. The minimum Gasteiger partial charge on any atom is -0.484 e. The highest BCUT2D eigenvalue weighted by Crippen LogP contribution is 2.18. The quantitative estimate of drug-likeness (QED) is 0.738. The van der Waals surface area contributed by atoms with Crippen LogP contribution >= 0.6 is 11.6 Å². The van der Waals surface area contributed by atoms with E-state index < -0.39 is 6.29 Å². The van der Waals surface area contributed by atoms with Gasteiger partial charge in [0.05, 0.1) is 5.69 Å². The summed E-state index contributed by atoms with van der Waals surface area (Å²) in [7, 11) is 0. The summed E-state index contributed by atoms with van der Waals surface area (Å²) >= 11 is 5.82. The van der Waals surface area contributed by atoms with Crippen LogP contribution in [0.15, 0.2) is 30.3 Å². The van der Waals surface area contributed by atoms with E-state index in [9.17, 15) is 9.59 Å². The fourth-order valence-electron chi connectivity index (χ4n) is 2.66. The van der Waals surface area contributed by atoms with Gasteiger partial charge in [0.1, 0.15) is 11.6 Å². The van der Waals surface area contributed by atoms with Crippen molar-refractivity contribution < 1.29 is 14.3 Å². The molecule has 2 amide bonds. The number of benzene rings is 1. The first-order chi connectivity index (χ1) is 12.4. The number of anilines is 1. The van der Waals surface area contributed by atoms with Crippen molar-refractivity contribution in [2.24, 2.45) is 0 Å². The molecule has 3 rings (SSSR count). The zero-order valence-corrected chi connectivity index (χ0v) is 15.2. The molecule has 1 aliphatic rings. The molecule has 1 aromatic heterocycles. The fraction of sp³-hybridized carbons (Fsp3) is 0.353. The molecule has 1 aromatic carbocycles. The van der Waals surface area contributed by atoms with E-state index in [4.69, 9.17) is 16.3 Å². The van der Waals surface area contributed by atoms with Gasteiger partial charge < -0.3 is 15.4 Å². The van der Waals surface area contributed by atoms with Crippen molar-refractivity contribution in [2.75, 3.05) is 11.9 Å². The smallest absolute Gasteiger partial charge is 0.263 e. The van der Waals surface area contributed by atoms with Crippen molar-refractivity contribution in [3.63, 3.8) is 0 Å². The molecule has 1 aliphatic heterocycles. The summed E-state index contributed by atoms with van der Waals surface area (Å²) in [6, 6.07) is 8.49. The number of ether oxygens (including phenoxy) is 1. The molecule has 138 valence electrons. The van der Waals surface area contributed by atoms with Gasteiger partial charge in [-0.3, -0.25) is 14.9 Å². The molecule has 2 heterocycles. The minimum atomic E-state index is -0.521. The van der Waals surface area contributed by atoms with Crippen LogP contribution in [0.2, 0.25) is 5.02 Å². The molecule has 0 spiro atoms. The van der Waals surface area contributed by atoms with Crippen LogP contribution in [-0.2, 0) is 9.59 Å². The first kappa shape index (κ1) is 18.2. The Kier molecular flexibility index (Phi) is 5.43. The standard InChI is InChI=1S/C17H20ClN5O3/c1-10-8-15(24)21-17(19-10)23-14(7-11(2)22-23)20-16(25)9-26-13-5-3-12(18)4-6-13/h3-7,10,17,19H,8-9H2,1-2H3,(H,20,25)(H,21,24). The van der Waals surface area contributed by atoms with Gasteiger partial charge in [-0.2, -0.15) is 5.10 Å². The van der Waals surface area contributed by atoms with Crippen LogP contribution in [0.5, 0.6) is 5.75 Å². The van der Waals surface area contributed by atoms with Crippen LogP contribution in [0, 0.1) is 6.92 Å². The molecule has 0 aliphatic carbocycles. The third-order valence-electron chi connectivity index (χ3n) is 3.79. The molecule has 2 unspecified atom stereocenters. The zero-order valence-electron chi connectivity index (χ0n) is 14.5. The van der Waals surface area contributed by atoms with E-state index in [1.165, 1.54) is 0 Å². The van der Waals surface area contributed by atoms with Crippen LogP contribution in [0.3, 0.4) is 0 Å². The van der Waals surface area contributed by atoms with Gasteiger partial charge in [-0.15, -0.1) is 0 Å². The molecule has 1 fully saturated rings. The van der Waals surface area contributed by atoms with E-state index in [-0.39, 0.29) is 24.5 Å². The van der Waals surface area contributed by atoms with E-state index in [1.54, 1.807) is 35.0 Å². The Balaban J connectivity index is 1.65. The predicted molar refractivity (Wildman–Crippen MR) is 96.9 cm³/mol. The number of halogens is 1. The Hall–Kier alpha value is -2.58. The Morgan fingerprint density at radius 2 is 2.15 bits per heavy atom. The Bertz CT molecular complexity index is 805. The molecule has 8 nitrogen and oxygen atoms in total. The maximum absolute atomic E-state index is 12.2. The molecule has 0 radical (unpaired) electrons. The Morgan fingerprint density at radius 1 is 1.42 bits per heavy atom. The lowest BCUT2D eigenvalue weighted by atomic mass is 10.2. The van der Waals surface area contributed by atoms with Crippen LogP contribution in [0.1, 0.15) is 25.3 Å². The summed E-state index contributed by atoms with van der Waals surface area (Å²) in [4.78, 5) is 24.0. The van der Waals surface area contributed by atoms with Gasteiger partial charge in [0.25, 0.3) is 5.91 Å². The molecule has 1 saturated heterocycles. The van der Waals surface area contributed by atoms with Crippen molar-refractivity contribution >= 4 is 29.2 Å². The van der Waals surface area contributed by atoms with Crippen LogP contribution in [-0.4, -0.2) is 34.2 Å². The molecule has 0 bridgehead atoms. The summed E-state index contributed by atoms with van der Waals surface area (Å²) < 4.78 is 6.98. The largest absolute Gasteiger partial charge is 0.484 e. The summed E-state index contributed by atoms with van der Waals surface area (Å²) in [6.45, 7) is 3.57. The minimum absolute atomic E-state index is 0.00930. The second-order valence-corrected chi connectivity index (χ2v) is 6.58. The van der Waals surface area contributed by atoms with Crippen molar-refractivity contribution in [1.29, 1.82) is 0 Å². The topological polar surface area (TPSA) is 97.3 Å². The van der Waals surface area contributed by atoms with Crippen molar-refractivity contribution in [2.45, 2.75) is 32.6 Å². The van der Waals surface area contributed by atoms with Gasteiger partial charge in [-0.25, -0.2) is 4.68 Å². The highest BCUT2D eigenvalue weighted by molar-refractivity contribution is 6.30. The van der Waals surface area contributed by atoms with E-state index in [0.717, 1.165) is 0 Å². The average molecular weight is 378 g/mol. The molecular formula is C17H20ClN5O3. The normalized spacial score (nSPS) is 19.7. The number of aryl methyl sites for hydroxylation is 1. The maximum atomic E-state index is 12.2. The fourth-order valence-corrected chi connectivity index (χ4v) is 2.78. The first-order valence-electron chi connectivity index (χ1n) is 8.20. The first-order valence-corrected chi connectivity index (χ1v) is 8.58. The van der Waals surface area contributed by atoms with Gasteiger partial charge >= 0.3 is 0 Å². The SMILES string of the molecule is Cc1cc(NC(=O)COc2ccc(Cl)cc2)n(C2NC(=O)CC(C)N2)n1. The van der Waals surface area contributed by atoms with Crippen molar-refractivity contribution in [1.82, 2.24) is 20.4 Å². The number of hydrogen-bond acceptors (Lipinski definition) is 5. The van der Waals surface area contributed by atoms with E-state index in [0.29, 0.717) is 28.7 Å². The number of amides is 2. The lowest BCUT2D eigenvalue weighted by Gasteiger charge is -2.30. The van der Waals surface area contributed by atoms with Crippen molar-refractivity contribution in [3.05, 3.63) is 41.0 Å². The van der Waals surface area contributed by atoms with Crippen LogP contribution in [0.25, 0.3) is 0 Å². The summed E-state index contributed by atoms with van der Waals surface area (Å²) in [5, 5.41) is 13.7. The van der Waals surface area contributed by atoms with Gasteiger partial charge in [-0.1, -0.05) is 11.6 Å². The number of aromatic nitrogens is 2. The van der Waals surface area contributed by atoms with Crippen LogP contribution < -0.4 is 20.7 Å². The molecule has 2 aromatic rings. The number of carbonyl (C=O) groups excluding carboxylic acids is 2. The van der Waals surface area contributed by atoms with Gasteiger partial charge in [0.2, 0.25) is 5.91 Å². The molecule has 0 saturated carbocycles. The number of nitrogens with one attached hydrogen (secondary N) is 3. The second kappa shape index (κ2) is 7.76. The summed E-state index contributed by atoms with van der Waals surface area (Å²) in [5.41, 5.74) is 0.716. The molecule has 26 heavy (non-hydrogen) atoms. The predicted octanol–water partition coefficient (Wildman–Crippen LogP) is 1.82. The molecule has 3 N–H and O–H groups in total. The molecule has 9 heteroatoms. The van der Waals surface area contributed by atoms with Crippen molar-refractivity contribution in [3.8, 4) is 5.75 Å². The average Bonchev–Trinajstić information content (AvgIpc) is 2.94. The lowest BCUT2D eigenvalue weighted by Crippen LogP contribution is -2.52. The van der Waals surface area contributed by atoms with Gasteiger partial charge in [-0.05, 0) is 38.1 Å². The van der Waals surface area contributed by atoms with E-state index in [1.807, 2.05) is 13.8 Å². The lowest BCUT2D eigenvalue weighted by molar-refractivity contribution is -0.125. The number of hydrogen-bond donors (Lipinski definition) is 3.